The van der Waals surface area contributed by atoms with Crippen molar-refractivity contribution in [3.63, 3.8) is 0 Å². The van der Waals surface area contributed by atoms with Gasteiger partial charge in [-0.05, 0) is 31.2 Å². The molecule has 22 heavy (non-hydrogen) atoms. The van der Waals surface area contributed by atoms with Gasteiger partial charge in [-0.2, -0.15) is 4.37 Å². The van der Waals surface area contributed by atoms with Crippen LogP contribution in [0.5, 0.6) is 0 Å². The largest absolute Gasteiger partial charge is 0.366 e. The average Bonchev–Trinajstić information content (AvgIpc) is 2.99. The highest BCUT2D eigenvalue weighted by atomic mass is 32.1. The average molecular weight is 319 g/mol. The number of benzene rings is 1. The number of nitrogens with zero attached hydrogens (tertiary/aromatic N) is 6. The van der Waals surface area contributed by atoms with Gasteiger partial charge in [0, 0.05) is 23.8 Å². The monoisotopic (exact) mass is 319 g/mol. The number of azo groups is 1. The second kappa shape index (κ2) is 7.42. The second-order valence-electron chi connectivity index (χ2n) is 6.03. The molecule has 0 atom stereocenters. The first kappa shape index (κ1) is 16.5. The van der Waals surface area contributed by atoms with Crippen LogP contribution in [0.4, 0.5) is 16.5 Å². The van der Waals surface area contributed by atoms with E-state index in [0.29, 0.717) is 5.13 Å². The molecule has 1 aromatic carbocycles. The van der Waals surface area contributed by atoms with Crippen molar-refractivity contribution in [2.45, 2.75) is 6.92 Å². The molecule has 118 valence electrons. The Kier molecular flexibility index (Phi) is 5.57. The topological polar surface area (TPSA) is 53.7 Å². The first-order valence-electron chi connectivity index (χ1n) is 7.32. The predicted octanol–water partition coefficient (Wildman–Crippen LogP) is 3.49. The molecule has 0 radical (unpaired) electrons. The third-order valence-corrected chi connectivity index (χ3v) is 3.79. The summed E-state index contributed by atoms with van der Waals surface area (Å²) < 4.78 is 4.85. The summed E-state index contributed by atoms with van der Waals surface area (Å²) in [5.74, 6) is 0. The van der Waals surface area contributed by atoms with Crippen LogP contribution in [0.3, 0.4) is 0 Å². The Morgan fingerprint density at radius 2 is 1.86 bits per heavy atom. The summed E-state index contributed by atoms with van der Waals surface area (Å²) in [4.78, 5) is 6.34. The normalized spacial score (nSPS) is 12.0. The summed E-state index contributed by atoms with van der Waals surface area (Å²) in [6.45, 7) is 5.31. The van der Waals surface area contributed by atoms with Crippen molar-refractivity contribution >= 4 is 28.0 Å². The smallest absolute Gasteiger partial charge is 0.249 e. The zero-order valence-corrected chi connectivity index (χ0v) is 14.4. The summed E-state index contributed by atoms with van der Waals surface area (Å²) in [5.41, 5.74) is 2.03. The van der Waals surface area contributed by atoms with Gasteiger partial charge in [0.1, 0.15) is 6.33 Å². The van der Waals surface area contributed by atoms with Crippen LogP contribution in [0, 0.1) is 0 Å². The number of aromatic nitrogens is 2. The molecule has 2 aromatic rings. The summed E-state index contributed by atoms with van der Waals surface area (Å²) >= 11 is 1.23. The molecule has 0 aliphatic heterocycles. The molecule has 2 rings (SSSR count). The molecule has 0 saturated heterocycles. The molecule has 0 aliphatic rings. The predicted molar refractivity (Wildman–Crippen MR) is 91.3 cm³/mol. The number of likely N-dealkylation sites (N-methyl/N-ethyl adjacent to an activating group) is 2. The van der Waals surface area contributed by atoms with Crippen LogP contribution < -0.4 is 4.90 Å². The van der Waals surface area contributed by atoms with E-state index < -0.39 is 0 Å². The van der Waals surface area contributed by atoms with Crippen LogP contribution >= 0.6 is 11.5 Å². The molecular formula is C15H23N6S+. The quantitative estimate of drug-likeness (QED) is 0.580. The van der Waals surface area contributed by atoms with Crippen LogP contribution in [0.25, 0.3) is 0 Å². The molecule has 7 heteroatoms. The van der Waals surface area contributed by atoms with Crippen LogP contribution in [0.2, 0.25) is 0 Å². The minimum atomic E-state index is 0.571. The van der Waals surface area contributed by atoms with E-state index in [1.165, 1.54) is 23.5 Å². The molecule has 0 N–H and O–H groups in total. The van der Waals surface area contributed by atoms with Crippen LogP contribution in [0.1, 0.15) is 6.92 Å². The van der Waals surface area contributed by atoms with Crippen molar-refractivity contribution in [3.8, 4) is 0 Å². The van der Waals surface area contributed by atoms with Crippen molar-refractivity contribution in [1.82, 2.24) is 9.36 Å². The van der Waals surface area contributed by atoms with Crippen LogP contribution in [0.15, 0.2) is 40.8 Å². The van der Waals surface area contributed by atoms with E-state index in [0.717, 1.165) is 29.8 Å². The van der Waals surface area contributed by atoms with E-state index in [2.05, 4.69) is 64.7 Å². The Labute approximate surface area is 135 Å². The number of rotatable bonds is 7. The fraction of sp³-hybridized carbons (Fsp3) is 0.467. The van der Waals surface area contributed by atoms with Gasteiger partial charge in [-0.3, -0.25) is 0 Å². The van der Waals surface area contributed by atoms with Gasteiger partial charge in [0.05, 0.1) is 39.9 Å². The Bertz CT molecular complexity index is 585. The lowest BCUT2D eigenvalue weighted by Gasteiger charge is -2.29. The Hall–Kier alpha value is -1.86. The van der Waals surface area contributed by atoms with Gasteiger partial charge in [0.25, 0.3) is 0 Å². The second-order valence-corrected chi connectivity index (χ2v) is 6.79. The Morgan fingerprint density at radius 1 is 1.14 bits per heavy atom. The molecule has 0 aliphatic carbocycles. The van der Waals surface area contributed by atoms with Crippen LogP contribution in [-0.2, 0) is 0 Å². The van der Waals surface area contributed by atoms with Gasteiger partial charge < -0.3 is 9.38 Å². The standard InChI is InChI=1S/C15H23N6S/c1-5-20(10-11-21(2,3)4)14-8-6-13(7-9-14)18-19-15-16-12-17-22-15/h6-9,12H,5,10-11H2,1-4H3/q+1. The maximum absolute atomic E-state index is 4.17. The molecule has 1 aromatic heterocycles. The van der Waals surface area contributed by atoms with E-state index in [1.54, 1.807) is 0 Å². The highest BCUT2D eigenvalue weighted by Gasteiger charge is 2.11. The van der Waals surface area contributed by atoms with E-state index in [4.69, 9.17) is 0 Å². The lowest BCUT2D eigenvalue weighted by Crippen LogP contribution is -2.42. The lowest BCUT2D eigenvalue weighted by molar-refractivity contribution is -0.868. The van der Waals surface area contributed by atoms with Crippen molar-refractivity contribution < 1.29 is 4.48 Å². The number of hydrogen-bond donors (Lipinski definition) is 0. The minimum absolute atomic E-state index is 0.571. The molecule has 0 unspecified atom stereocenters. The molecule has 0 amide bonds. The summed E-state index contributed by atoms with van der Waals surface area (Å²) in [5, 5.41) is 8.80. The summed E-state index contributed by atoms with van der Waals surface area (Å²) in [6.07, 6.45) is 1.48. The molecule has 0 bridgehead atoms. The first-order chi connectivity index (χ1) is 10.5. The minimum Gasteiger partial charge on any atom is -0.366 e. The van der Waals surface area contributed by atoms with Gasteiger partial charge in [-0.25, -0.2) is 4.98 Å². The number of hydrogen-bond acceptors (Lipinski definition) is 6. The molecule has 0 spiro atoms. The molecule has 1 heterocycles. The zero-order chi connectivity index (χ0) is 16.0. The highest BCUT2D eigenvalue weighted by Crippen LogP contribution is 2.22. The number of quaternary nitrogens is 1. The van der Waals surface area contributed by atoms with Gasteiger partial charge >= 0.3 is 0 Å². The van der Waals surface area contributed by atoms with Gasteiger partial charge in [-0.15, -0.1) is 10.2 Å². The fourth-order valence-electron chi connectivity index (χ4n) is 1.93. The van der Waals surface area contributed by atoms with Gasteiger partial charge in [-0.1, -0.05) is 0 Å². The fourth-order valence-corrected chi connectivity index (χ4v) is 2.29. The molecule has 0 saturated carbocycles. The summed E-state index contributed by atoms with van der Waals surface area (Å²) in [7, 11) is 6.64. The van der Waals surface area contributed by atoms with Crippen LogP contribution in [-0.4, -0.2) is 54.6 Å². The summed E-state index contributed by atoms with van der Waals surface area (Å²) in [6, 6.07) is 8.14. The van der Waals surface area contributed by atoms with Crippen molar-refractivity contribution in [2.75, 3.05) is 45.7 Å². The van der Waals surface area contributed by atoms with E-state index in [1.807, 2.05) is 12.1 Å². The molecular weight excluding hydrogens is 296 g/mol. The van der Waals surface area contributed by atoms with Gasteiger partial charge in [0.2, 0.25) is 5.13 Å². The molecule has 0 fully saturated rings. The Balaban J connectivity index is 2.00. The van der Waals surface area contributed by atoms with E-state index in [-0.39, 0.29) is 0 Å². The maximum Gasteiger partial charge on any atom is 0.249 e. The maximum atomic E-state index is 4.17. The third kappa shape index (κ3) is 5.16. The zero-order valence-electron chi connectivity index (χ0n) is 13.6. The van der Waals surface area contributed by atoms with Gasteiger partial charge in [0.15, 0.2) is 0 Å². The first-order valence-corrected chi connectivity index (χ1v) is 8.09. The van der Waals surface area contributed by atoms with Crippen molar-refractivity contribution in [2.24, 2.45) is 10.2 Å². The lowest BCUT2D eigenvalue weighted by atomic mass is 10.2. The van der Waals surface area contributed by atoms with E-state index in [9.17, 15) is 0 Å². The van der Waals surface area contributed by atoms with Crippen molar-refractivity contribution in [1.29, 1.82) is 0 Å². The number of anilines is 1. The SMILES string of the molecule is CCN(CC[N+](C)(C)C)c1ccc(N=Nc2ncns2)cc1. The third-order valence-electron chi connectivity index (χ3n) is 3.24. The molecule has 6 nitrogen and oxygen atoms in total. The van der Waals surface area contributed by atoms with E-state index >= 15 is 0 Å². The van der Waals surface area contributed by atoms with Crippen molar-refractivity contribution in [3.05, 3.63) is 30.6 Å². The Morgan fingerprint density at radius 3 is 2.41 bits per heavy atom. The highest BCUT2D eigenvalue weighted by molar-refractivity contribution is 7.09.